The number of nitrogens with zero attached hydrogens (tertiary/aromatic N) is 3. The lowest BCUT2D eigenvalue weighted by Gasteiger charge is -2.32. The summed E-state index contributed by atoms with van der Waals surface area (Å²) in [4.78, 5) is 6.79. The zero-order valence-electron chi connectivity index (χ0n) is 17.2. The summed E-state index contributed by atoms with van der Waals surface area (Å²) in [6.07, 6.45) is 4.40. The molecule has 2 heterocycles. The fourth-order valence-corrected chi connectivity index (χ4v) is 3.39. The average molecular weight is 493 g/mol. The summed E-state index contributed by atoms with van der Waals surface area (Å²) in [5, 5.41) is 11.1. The zero-order chi connectivity index (χ0) is 18.8. The second-order valence-corrected chi connectivity index (χ2v) is 6.91. The van der Waals surface area contributed by atoms with Crippen molar-refractivity contribution in [2.45, 2.75) is 58.0 Å². The van der Waals surface area contributed by atoms with Crippen LogP contribution in [0.3, 0.4) is 0 Å². The van der Waals surface area contributed by atoms with Gasteiger partial charge >= 0.3 is 0 Å². The minimum absolute atomic E-state index is 0. The first-order valence-electron chi connectivity index (χ1n) is 9.84. The monoisotopic (exact) mass is 493 g/mol. The van der Waals surface area contributed by atoms with Crippen LogP contribution in [0.25, 0.3) is 0 Å². The molecule has 2 rings (SSSR count). The molecule has 0 aliphatic carbocycles. The molecule has 1 aromatic heterocycles. The van der Waals surface area contributed by atoms with E-state index in [1.807, 2.05) is 0 Å². The van der Waals surface area contributed by atoms with Crippen molar-refractivity contribution >= 4 is 29.9 Å². The summed E-state index contributed by atoms with van der Waals surface area (Å²) >= 11 is 0. The van der Waals surface area contributed by atoms with Crippen LogP contribution in [0.5, 0.6) is 0 Å². The van der Waals surface area contributed by atoms with Gasteiger partial charge in [0.15, 0.2) is 11.7 Å². The molecular formula is C19H36IN5O2. The van der Waals surface area contributed by atoms with Crippen LogP contribution in [0.15, 0.2) is 15.6 Å². The van der Waals surface area contributed by atoms with Crippen molar-refractivity contribution < 1.29 is 9.26 Å². The number of likely N-dealkylation sites (tertiary alicyclic amines) is 1. The molecule has 0 unspecified atom stereocenters. The van der Waals surface area contributed by atoms with Crippen molar-refractivity contribution in [3.05, 3.63) is 17.5 Å². The number of aromatic nitrogens is 1. The number of nitrogens with one attached hydrogen (secondary N) is 2. The van der Waals surface area contributed by atoms with E-state index in [4.69, 9.17) is 9.26 Å². The van der Waals surface area contributed by atoms with E-state index in [0.29, 0.717) is 18.5 Å². The Bertz CT molecular complexity index is 540. The third kappa shape index (κ3) is 7.95. The molecular weight excluding hydrogens is 457 g/mol. The quantitative estimate of drug-likeness (QED) is 0.313. The first kappa shape index (κ1) is 24.2. The molecule has 27 heavy (non-hydrogen) atoms. The molecule has 8 heteroatoms. The molecule has 0 amide bonds. The highest BCUT2D eigenvalue weighted by atomic mass is 127. The normalized spacial score (nSPS) is 16.4. The van der Waals surface area contributed by atoms with Gasteiger partial charge in [-0.2, -0.15) is 0 Å². The number of piperidine rings is 1. The summed E-state index contributed by atoms with van der Waals surface area (Å²) in [7, 11) is 3.56. The second-order valence-electron chi connectivity index (χ2n) is 6.91. The van der Waals surface area contributed by atoms with Crippen molar-refractivity contribution in [3.63, 3.8) is 0 Å². The van der Waals surface area contributed by atoms with E-state index in [0.717, 1.165) is 69.3 Å². The third-order valence-corrected chi connectivity index (χ3v) is 5.17. The number of halogens is 1. The third-order valence-electron chi connectivity index (χ3n) is 5.17. The fraction of sp³-hybridized carbons (Fsp3) is 0.789. The standard InChI is InChI=1S/C19H35N5O2.HI/c1-5-15(6-2)18-13-17(26-23-18)14-21-19(20-3)22-16-7-9-24(10-8-16)11-12-25-4;/h13,15-16H,5-12,14H2,1-4H3,(H2,20,21,22);1H. The van der Waals surface area contributed by atoms with Gasteiger partial charge in [0.25, 0.3) is 0 Å². The number of methoxy groups -OCH3 is 1. The van der Waals surface area contributed by atoms with Gasteiger partial charge in [-0.15, -0.1) is 24.0 Å². The molecule has 1 fully saturated rings. The number of guanidine groups is 1. The molecule has 7 nitrogen and oxygen atoms in total. The first-order chi connectivity index (χ1) is 12.7. The maximum Gasteiger partial charge on any atom is 0.191 e. The van der Waals surface area contributed by atoms with Gasteiger partial charge in [0, 0.05) is 51.8 Å². The number of rotatable bonds is 9. The van der Waals surface area contributed by atoms with Gasteiger partial charge in [-0.25, -0.2) is 0 Å². The molecule has 0 aromatic carbocycles. The summed E-state index contributed by atoms with van der Waals surface area (Å²) in [6, 6.07) is 2.52. The van der Waals surface area contributed by atoms with E-state index in [9.17, 15) is 0 Å². The van der Waals surface area contributed by atoms with Gasteiger partial charge < -0.3 is 24.8 Å². The molecule has 156 valence electrons. The van der Waals surface area contributed by atoms with E-state index < -0.39 is 0 Å². The van der Waals surface area contributed by atoms with E-state index >= 15 is 0 Å². The number of hydrogen-bond donors (Lipinski definition) is 2. The van der Waals surface area contributed by atoms with Gasteiger partial charge in [-0.1, -0.05) is 19.0 Å². The lowest BCUT2D eigenvalue weighted by Crippen LogP contribution is -2.48. The Balaban J connectivity index is 0.00000364. The van der Waals surface area contributed by atoms with E-state index in [1.54, 1.807) is 14.2 Å². The second kappa shape index (κ2) is 13.3. The van der Waals surface area contributed by atoms with Crippen LogP contribution in [0.4, 0.5) is 0 Å². The summed E-state index contributed by atoms with van der Waals surface area (Å²) in [5.41, 5.74) is 1.05. The van der Waals surface area contributed by atoms with Crippen LogP contribution in [0.2, 0.25) is 0 Å². The van der Waals surface area contributed by atoms with E-state index in [-0.39, 0.29) is 24.0 Å². The Hall–Kier alpha value is -0.870. The van der Waals surface area contributed by atoms with Crippen molar-refractivity contribution in [1.29, 1.82) is 0 Å². The Morgan fingerprint density at radius 3 is 2.67 bits per heavy atom. The molecule has 1 aromatic rings. The molecule has 1 aliphatic heterocycles. The minimum Gasteiger partial charge on any atom is -0.383 e. The van der Waals surface area contributed by atoms with Crippen LogP contribution < -0.4 is 10.6 Å². The first-order valence-corrected chi connectivity index (χ1v) is 9.84. The van der Waals surface area contributed by atoms with Gasteiger partial charge in [0.2, 0.25) is 0 Å². The van der Waals surface area contributed by atoms with E-state index in [1.165, 1.54) is 0 Å². The Morgan fingerprint density at radius 1 is 1.37 bits per heavy atom. The maximum atomic E-state index is 5.47. The van der Waals surface area contributed by atoms with Crippen LogP contribution in [0.1, 0.15) is 56.9 Å². The smallest absolute Gasteiger partial charge is 0.191 e. The van der Waals surface area contributed by atoms with Crippen LogP contribution in [-0.4, -0.2) is 62.5 Å². The average Bonchev–Trinajstić information content (AvgIpc) is 3.14. The lowest BCUT2D eigenvalue weighted by atomic mass is 9.99. The largest absolute Gasteiger partial charge is 0.383 e. The Labute approximate surface area is 180 Å². The summed E-state index contributed by atoms with van der Waals surface area (Å²) in [6.45, 7) is 8.98. The molecule has 0 spiro atoms. The molecule has 0 atom stereocenters. The molecule has 0 bridgehead atoms. The van der Waals surface area contributed by atoms with Gasteiger partial charge in [-0.3, -0.25) is 4.99 Å². The highest BCUT2D eigenvalue weighted by molar-refractivity contribution is 14.0. The summed E-state index contributed by atoms with van der Waals surface area (Å²) < 4.78 is 10.6. The minimum atomic E-state index is 0. The number of ether oxygens (including phenoxy) is 1. The molecule has 0 radical (unpaired) electrons. The highest BCUT2D eigenvalue weighted by Gasteiger charge is 2.20. The van der Waals surface area contributed by atoms with Crippen molar-refractivity contribution in [2.75, 3.05) is 40.4 Å². The van der Waals surface area contributed by atoms with Crippen molar-refractivity contribution in [1.82, 2.24) is 20.7 Å². The van der Waals surface area contributed by atoms with E-state index in [2.05, 4.69) is 45.6 Å². The van der Waals surface area contributed by atoms with Crippen molar-refractivity contribution in [2.24, 2.45) is 4.99 Å². The highest BCUT2D eigenvalue weighted by Crippen LogP contribution is 2.22. The molecule has 1 aliphatic rings. The van der Waals surface area contributed by atoms with Gasteiger partial charge in [-0.05, 0) is 25.7 Å². The van der Waals surface area contributed by atoms with Crippen LogP contribution in [0, 0.1) is 0 Å². The molecule has 1 saturated heterocycles. The summed E-state index contributed by atoms with van der Waals surface area (Å²) in [5.74, 6) is 2.15. The van der Waals surface area contributed by atoms with Gasteiger partial charge in [0.1, 0.15) is 0 Å². The molecule has 0 saturated carbocycles. The predicted octanol–water partition coefficient (Wildman–Crippen LogP) is 2.97. The molecule has 2 N–H and O–H groups in total. The lowest BCUT2D eigenvalue weighted by molar-refractivity contribution is 0.128. The van der Waals surface area contributed by atoms with Gasteiger partial charge in [0.05, 0.1) is 18.8 Å². The Kier molecular flexibility index (Phi) is 11.9. The number of hydrogen-bond acceptors (Lipinski definition) is 5. The topological polar surface area (TPSA) is 74.9 Å². The van der Waals surface area contributed by atoms with Crippen molar-refractivity contribution in [3.8, 4) is 0 Å². The maximum absolute atomic E-state index is 5.47. The van der Waals surface area contributed by atoms with Crippen LogP contribution >= 0.6 is 24.0 Å². The number of aliphatic imine (C=N–C) groups is 1. The fourth-order valence-electron chi connectivity index (χ4n) is 3.39. The van der Waals surface area contributed by atoms with Crippen LogP contribution in [-0.2, 0) is 11.3 Å². The zero-order valence-corrected chi connectivity index (χ0v) is 19.5. The SMILES string of the molecule is CCC(CC)c1cc(CNC(=NC)NC2CCN(CCOC)CC2)on1.I. The Morgan fingerprint density at radius 2 is 2.07 bits per heavy atom. The predicted molar refractivity (Wildman–Crippen MR) is 120 cm³/mol.